The number of aromatic amines is 1. The van der Waals surface area contributed by atoms with Gasteiger partial charge in [-0.3, -0.25) is 9.48 Å². The SMILES string of the molecule is CC(C)(C)[Si](C)(C)OC(CNCCc1ccc(CCN2CCC(Cn3cnc(C(O)(c4ccccc4)C4CCCCC4)n3)CC2)cc1)c1ccc(O)c2[nH]c(=O)ccc12. The van der Waals surface area contributed by atoms with Gasteiger partial charge in [0, 0.05) is 31.1 Å². The molecular formula is C48H66N6O4Si. The van der Waals surface area contributed by atoms with Gasteiger partial charge in [-0.25, -0.2) is 4.98 Å². The number of nitrogens with zero attached hydrogens (tertiary/aromatic N) is 4. The zero-order chi connectivity index (χ0) is 41.6. The number of H-pyrrole nitrogens is 1. The summed E-state index contributed by atoms with van der Waals surface area (Å²) in [5, 5.41) is 32.2. The third kappa shape index (κ3) is 10.3. The second kappa shape index (κ2) is 18.6. The first-order valence-corrected chi connectivity index (χ1v) is 24.9. The maximum Gasteiger partial charge on any atom is 0.248 e. The van der Waals surface area contributed by atoms with Crippen LogP contribution in [0.15, 0.2) is 90.0 Å². The molecule has 1 saturated heterocycles. The van der Waals surface area contributed by atoms with Crippen LogP contribution in [0.5, 0.6) is 5.75 Å². The van der Waals surface area contributed by atoms with Crippen LogP contribution in [0.4, 0.5) is 0 Å². The molecule has 316 valence electrons. The van der Waals surface area contributed by atoms with Crippen LogP contribution < -0.4 is 10.9 Å². The molecule has 3 heterocycles. The van der Waals surface area contributed by atoms with Crippen molar-refractivity contribution in [2.45, 2.75) is 115 Å². The van der Waals surface area contributed by atoms with E-state index in [1.165, 1.54) is 23.6 Å². The highest BCUT2D eigenvalue weighted by Crippen LogP contribution is 2.43. The van der Waals surface area contributed by atoms with Crippen molar-refractivity contribution in [3.05, 3.63) is 124 Å². The number of phenolic OH excluding ortho intramolecular Hbond substituents is 1. The maximum absolute atomic E-state index is 12.2. The number of phenols is 1. The number of aliphatic hydroxyl groups is 1. The quantitative estimate of drug-likeness (QED) is 0.0577. The molecule has 2 atom stereocenters. The van der Waals surface area contributed by atoms with Gasteiger partial charge in [-0.1, -0.05) is 101 Å². The molecule has 10 nitrogen and oxygen atoms in total. The molecule has 7 rings (SSSR count). The van der Waals surface area contributed by atoms with Crippen LogP contribution in [0, 0.1) is 11.8 Å². The fraction of sp³-hybridized carbons (Fsp3) is 0.521. The minimum Gasteiger partial charge on any atom is -0.506 e. The fourth-order valence-electron chi connectivity index (χ4n) is 8.89. The number of benzene rings is 3. The lowest BCUT2D eigenvalue weighted by atomic mass is 9.73. The molecule has 1 aliphatic carbocycles. The Morgan fingerprint density at radius 2 is 1.59 bits per heavy atom. The van der Waals surface area contributed by atoms with Crippen molar-refractivity contribution in [3.63, 3.8) is 0 Å². The molecule has 0 bridgehead atoms. The number of piperidine rings is 1. The van der Waals surface area contributed by atoms with Gasteiger partial charge in [0.25, 0.3) is 0 Å². The third-order valence-corrected chi connectivity index (χ3v) is 18.1. The Kier molecular flexibility index (Phi) is 13.6. The number of aromatic nitrogens is 4. The minimum atomic E-state index is -2.15. The summed E-state index contributed by atoms with van der Waals surface area (Å²) in [7, 11) is -2.15. The highest BCUT2D eigenvalue weighted by molar-refractivity contribution is 6.74. The summed E-state index contributed by atoms with van der Waals surface area (Å²) in [6, 6.07) is 26.0. The van der Waals surface area contributed by atoms with Crippen molar-refractivity contribution in [1.82, 2.24) is 30.0 Å². The van der Waals surface area contributed by atoms with E-state index < -0.39 is 13.9 Å². The van der Waals surface area contributed by atoms with Gasteiger partial charge in [0.2, 0.25) is 5.56 Å². The Morgan fingerprint density at radius 3 is 2.29 bits per heavy atom. The van der Waals surface area contributed by atoms with Gasteiger partial charge in [0.1, 0.15) is 12.1 Å². The number of nitrogens with one attached hydrogen (secondary N) is 2. The summed E-state index contributed by atoms with van der Waals surface area (Å²) in [6.07, 6.45) is 11.4. The van der Waals surface area contributed by atoms with Crippen molar-refractivity contribution < 1.29 is 14.6 Å². The van der Waals surface area contributed by atoms with Gasteiger partial charge >= 0.3 is 0 Å². The van der Waals surface area contributed by atoms with Crippen LogP contribution in [0.2, 0.25) is 18.1 Å². The molecule has 4 N–H and O–H groups in total. The Bertz CT molecular complexity index is 2170. The van der Waals surface area contributed by atoms with Crippen molar-refractivity contribution in [1.29, 1.82) is 0 Å². The molecule has 0 radical (unpaired) electrons. The topological polar surface area (TPSA) is 129 Å². The van der Waals surface area contributed by atoms with Gasteiger partial charge in [-0.05, 0) is 123 Å². The molecule has 3 aromatic carbocycles. The first kappa shape index (κ1) is 43.0. The van der Waals surface area contributed by atoms with Crippen LogP contribution in [0.1, 0.15) is 99.9 Å². The Labute approximate surface area is 351 Å². The summed E-state index contributed by atoms with van der Waals surface area (Å²) in [5.41, 5.74) is 3.59. The lowest BCUT2D eigenvalue weighted by molar-refractivity contribution is -0.00865. The van der Waals surface area contributed by atoms with E-state index >= 15 is 0 Å². The number of fused-ring (bicyclic) bond motifs is 1. The van der Waals surface area contributed by atoms with Crippen LogP contribution in [0.3, 0.4) is 0 Å². The second-order valence-electron chi connectivity index (χ2n) is 18.7. The van der Waals surface area contributed by atoms with E-state index in [1.54, 1.807) is 12.1 Å². The van der Waals surface area contributed by atoms with Gasteiger partial charge < -0.3 is 29.8 Å². The van der Waals surface area contributed by atoms with Crippen molar-refractivity contribution in [3.8, 4) is 5.75 Å². The van der Waals surface area contributed by atoms with Crippen molar-refractivity contribution >= 4 is 19.2 Å². The minimum absolute atomic E-state index is 0.0287. The molecule has 2 aliphatic rings. The van der Waals surface area contributed by atoms with Crippen LogP contribution in [-0.2, 0) is 29.4 Å². The van der Waals surface area contributed by atoms with Gasteiger partial charge in [-0.15, -0.1) is 0 Å². The number of rotatable bonds is 16. The fourth-order valence-corrected chi connectivity index (χ4v) is 10.2. The molecule has 1 saturated carbocycles. The molecule has 2 fully saturated rings. The van der Waals surface area contributed by atoms with E-state index in [9.17, 15) is 15.0 Å². The zero-order valence-corrected chi connectivity index (χ0v) is 36.9. The summed E-state index contributed by atoms with van der Waals surface area (Å²) >= 11 is 0. The Hall–Kier alpha value is -4.13. The largest absolute Gasteiger partial charge is 0.506 e. The lowest BCUT2D eigenvalue weighted by Crippen LogP contribution is -2.43. The number of hydrogen-bond donors (Lipinski definition) is 4. The van der Waals surface area contributed by atoms with E-state index in [0.717, 1.165) is 101 Å². The smallest absolute Gasteiger partial charge is 0.248 e. The standard InChI is InChI=1S/C48H66N6O4Si/c1-47(2,3)59(4,5)58-43(40-20-22-42(55)45-41(40)21-23-44(56)51-45)32-49-28-24-35-16-18-36(19-17-35)25-29-53-30-26-37(27-31-53)33-54-34-50-46(52-54)48(57,38-12-8-6-9-13-38)39-14-10-7-11-15-39/h6,8-9,12-13,16-23,34,37,39,43,49,55,57H,7,10-11,14-15,24-33H2,1-5H3,(H,51,56). The number of pyridine rings is 1. The predicted molar refractivity (Wildman–Crippen MR) is 239 cm³/mol. The molecule has 5 aromatic rings. The first-order chi connectivity index (χ1) is 28.3. The van der Waals surface area contributed by atoms with E-state index in [2.05, 4.69) is 73.3 Å². The summed E-state index contributed by atoms with van der Waals surface area (Å²) in [5.74, 6) is 1.30. The zero-order valence-electron chi connectivity index (χ0n) is 35.9. The number of aromatic hydroxyl groups is 1. The second-order valence-corrected chi connectivity index (χ2v) is 23.5. The maximum atomic E-state index is 12.2. The third-order valence-electron chi connectivity index (χ3n) is 13.6. The normalized spacial score (nSPS) is 17.9. The molecule has 2 aromatic heterocycles. The molecule has 0 spiro atoms. The lowest BCUT2D eigenvalue weighted by Gasteiger charge is -2.39. The Morgan fingerprint density at radius 1 is 0.898 bits per heavy atom. The van der Waals surface area contributed by atoms with E-state index in [4.69, 9.17) is 14.5 Å². The van der Waals surface area contributed by atoms with Crippen molar-refractivity contribution in [2.75, 3.05) is 32.7 Å². The number of hydrogen-bond acceptors (Lipinski definition) is 8. The average Bonchev–Trinajstić information content (AvgIpc) is 3.71. The van der Waals surface area contributed by atoms with Crippen LogP contribution in [0.25, 0.3) is 10.9 Å². The highest BCUT2D eigenvalue weighted by Gasteiger charge is 2.44. The van der Waals surface area contributed by atoms with Crippen LogP contribution >= 0.6 is 0 Å². The van der Waals surface area contributed by atoms with Gasteiger partial charge in [0.05, 0.1) is 11.6 Å². The highest BCUT2D eigenvalue weighted by atomic mass is 28.4. The van der Waals surface area contributed by atoms with E-state index in [1.807, 2.05) is 47.4 Å². The summed E-state index contributed by atoms with van der Waals surface area (Å²) in [6.45, 7) is 16.7. The summed E-state index contributed by atoms with van der Waals surface area (Å²) < 4.78 is 8.95. The van der Waals surface area contributed by atoms with E-state index in [0.29, 0.717) is 23.8 Å². The van der Waals surface area contributed by atoms with Crippen LogP contribution in [-0.4, -0.2) is 75.9 Å². The average molecular weight is 819 g/mol. The molecule has 11 heteroatoms. The molecular weight excluding hydrogens is 753 g/mol. The van der Waals surface area contributed by atoms with E-state index in [-0.39, 0.29) is 28.4 Å². The van der Waals surface area contributed by atoms with Crippen molar-refractivity contribution in [2.24, 2.45) is 11.8 Å². The molecule has 2 unspecified atom stereocenters. The monoisotopic (exact) mass is 818 g/mol. The molecule has 1 aliphatic heterocycles. The predicted octanol–water partition coefficient (Wildman–Crippen LogP) is 8.49. The Balaban J connectivity index is 0.874. The molecule has 0 amide bonds. The first-order valence-electron chi connectivity index (χ1n) is 22.0. The molecule has 59 heavy (non-hydrogen) atoms. The number of likely N-dealkylation sites (tertiary alicyclic amines) is 1. The summed E-state index contributed by atoms with van der Waals surface area (Å²) in [4.78, 5) is 22.2. The van der Waals surface area contributed by atoms with Gasteiger partial charge in [0.15, 0.2) is 19.7 Å². The van der Waals surface area contributed by atoms with Gasteiger partial charge in [-0.2, -0.15) is 5.10 Å².